The van der Waals surface area contributed by atoms with Gasteiger partial charge in [-0.15, -0.1) is 0 Å². The molecule has 1 aliphatic heterocycles. The Morgan fingerprint density at radius 2 is 1.90 bits per heavy atom. The van der Waals surface area contributed by atoms with Crippen molar-refractivity contribution in [3.63, 3.8) is 0 Å². The highest BCUT2D eigenvalue weighted by Gasteiger charge is 2.46. The molecule has 0 bridgehead atoms. The summed E-state index contributed by atoms with van der Waals surface area (Å²) in [5.41, 5.74) is -0.740. The number of rotatable bonds is 3. The number of amides is 1. The lowest BCUT2D eigenvalue weighted by molar-refractivity contribution is -0.110. The van der Waals surface area contributed by atoms with Crippen molar-refractivity contribution in [1.82, 2.24) is 14.9 Å². The van der Waals surface area contributed by atoms with Gasteiger partial charge in [0.2, 0.25) is 0 Å². The SMILES string of the molecule is Cc1nc(C(C)C)[nH]c(=O)c1C(=O)N1CC(O)(C(C)C)C1. The molecular weight excluding hydrogens is 270 g/mol. The summed E-state index contributed by atoms with van der Waals surface area (Å²) >= 11 is 0. The molecule has 1 fully saturated rings. The number of nitrogens with one attached hydrogen (secondary N) is 1. The summed E-state index contributed by atoms with van der Waals surface area (Å²) in [6.07, 6.45) is 0. The maximum absolute atomic E-state index is 12.4. The molecule has 1 aromatic rings. The highest BCUT2D eigenvalue weighted by atomic mass is 16.3. The fourth-order valence-electron chi connectivity index (χ4n) is 2.41. The van der Waals surface area contributed by atoms with Gasteiger partial charge in [-0.1, -0.05) is 27.7 Å². The van der Waals surface area contributed by atoms with E-state index >= 15 is 0 Å². The van der Waals surface area contributed by atoms with Crippen LogP contribution in [0.25, 0.3) is 0 Å². The average molecular weight is 293 g/mol. The fourth-order valence-corrected chi connectivity index (χ4v) is 2.41. The van der Waals surface area contributed by atoms with E-state index in [2.05, 4.69) is 9.97 Å². The molecule has 21 heavy (non-hydrogen) atoms. The molecule has 2 rings (SSSR count). The Kier molecular flexibility index (Phi) is 3.93. The van der Waals surface area contributed by atoms with Gasteiger partial charge < -0.3 is 15.0 Å². The van der Waals surface area contributed by atoms with Gasteiger partial charge in [-0.05, 0) is 12.8 Å². The van der Waals surface area contributed by atoms with Crippen LogP contribution in [0.15, 0.2) is 4.79 Å². The van der Waals surface area contributed by atoms with Gasteiger partial charge in [0, 0.05) is 5.92 Å². The minimum Gasteiger partial charge on any atom is -0.386 e. The second kappa shape index (κ2) is 5.26. The Morgan fingerprint density at radius 1 is 1.33 bits per heavy atom. The summed E-state index contributed by atoms with van der Waals surface area (Å²) in [5, 5.41) is 10.2. The van der Waals surface area contributed by atoms with E-state index in [-0.39, 0.29) is 36.4 Å². The van der Waals surface area contributed by atoms with Crippen LogP contribution in [0, 0.1) is 12.8 Å². The number of nitrogens with zero attached hydrogens (tertiary/aromatic N) is 2. The van der Waals surface area contributed by atoms with Crippen LogP contribution >= 0.6 is 0 Å². The van der Waals surface area contributed by atoms with E-state index in [9.17, 15) is 14.7 Å². The van der Waals surface area contributed by atoms with Crippen LogP contribution in [0.2, 0.25) is 0 Å². The first kappa shape index (κ1) is 15.7. The lowest BCUT2D eigenvalue weighted by Crippen LogP contribution is -2.66. The molecule has 116 valence electrons. The first-order valence-electron chi connectivity index (χ1n) is 7.28. The molecule has 1 saturated heterocycles. The Labute approximate surface area is 124 Å². The molecule has 0 unspecified atom stereocenters. The highest BCUT2D eigenvalue weighted by molar-refractivity contribution is 5.95. The van der Waals surface area contributed by atoms with Gasteiger partial charge in [0.1, 0.15) is 17.0 Å². The quantitative estimate of drug-likeness (QED) is 0.872. The zero-order valence-electron chi connectivity index (χ0n) is 13.2. The molecule has 2 N–H and O–H groups in total. The third-order valence-corrected chi connectivity index (χ3v) is 4.17. The van der Waals surface area contributed by atoms with Crippen LogP contribution in [0.3, 0.4) is 0 Å². The second-order valence-corrected chi connectivity index (χ2v) is 6.49. The van der Waals surface area contributed by atoms with Crippen molar-refractivity contribution in [1.29, 1.82) is 0 Å². The minimum atomic E-state index is -0.846. The number of carbonyl (C=O) groups excluding carboxylic acids is 1. The Morgan fingerprint density at radius 3 is 2.33 bits per heavy atom. The number of aliphatic hydroxyl groups is 1. The van der Waals surface area contributed by atoms with Crippen molar-refractivity contribution in [2.24, 2.45) is 5.92 Å². The third kappa shape index (κ3) is 2.72. The molecular formula is C15H23N3O3. The summed E-state index contributed by atoms with van der Waals surface area (Å²) in [6, 6.07) is 0. The zero-order chi connectivity index (χ0) is 15.9. The average Bonchev–Trinajstić information content (AvgIpc) is 2.33. The number of aryl methyl sites for hydroxylation is 1. The molecule has 6 heteroatoms. The monoisotopic (exact) mass is 293 g/mol. The number of carbonyl (C=O) groups is 1. The predicted molar refractivity (Wildman–Crippen MR) is 79.4 cm³/mol. The van der Waals surface area contributed by atoms with Crippen LogP contribution in [0.5, 0.6) is 0 Å². The molecule has 1 aromatic heterocycles. The van der Waals surface area contributed by atoms with Crippen LogP contribution in [-0.2, 0) is 0 Å². The first-order chi connectivity index (χ1) is 9.65. The fraction of sp³-hybridized carbons (Fsp3) is 0.667. The van der Waals surface area contributed by atoms with Crippen molar-refractivity contribution in [3.8, 4) is 0 Å². The smallest absolute Gasteiger partial charge is 0.264 e. The number of aromatic amines is 1. The van der Waals surface area contributed by atoms with E-state index in [1.54, 1.807) is 6.92 Å². The molecule has 0 aliphatic carbocycles. The second-order valence-electron chi connectivity index (χ2n) is 6.49. The largest absolute Gasteiger partial charge is 0.386 e. The van der Waals surface area contributed by atoms with Gasteiger partial charge in [-0.25, -0.2) is 4.98 Å². The van der Waals surface area contributed by atoms with E-state index in [1.165, 1.54) is 4.90 Å². The van der Waals surface area contributed by atoms with Crippen LogP contribution in [0.4, 0.5) is 0 Å². The van der Waals surface area contributed by atoms with E-state index in [0.717, 1.165) is 0 Å². The Balaban J connectivity index is 2.24. The zero-order valence-corrected chi connectivity index (χ0v) is 13.2. The van der Waals surface area contributed by atoms with Crippen LogP contribution in [0.1, 0.15) is 55.5 Å². The summed E-state index contributed by atoms with van der Waals surface area (Å²) in [4.78, 5) is 33.0. The molecule has 2 heterocycles. The lowest BCUT2D eigenvalue weighted by Gasteiger charge is -2.48. The molecule has 0 atom stereocenters. The number of aromatic nitrogens is 2. The molecule has 1 amide bonds. The number of hydrogen-bond acceptors (Lipinski definition) is 4. The molecule has 0 aromatic carbocycles. The standard InChI is InChI=1S/C15H23N3O3/c1-8(2)12-16-10(5)11(13(19)17-12)14(20)18-6-15(21,7-18)9(3)4/h8-9,21H,6-7H2,1-5H3,(H,16,17,19). The van der Waals surface area contributed by atoms with Crippen LogP contribution < -0.4 is 5.56 Å². The van der Waals surface area contributed by atoms with Gasteiger partial charge in [0.05, 0.1) is 18.8 Å². The van der Waals surface area contributed by atoms with Gasteiger partial charge in [-0.2, -0.15) is 0 Å². The van der Waals surface area contributed by atoms with E-state index in [1.807, 2.05) is 27.7 Å². The Hall–Kier alpha value is -1.69. The lowest BCUT2D eigenvalue weighted by atomic mass is 9.82. The Bertz CT molecular complexity index is 613. The van der Waals surface area contributed by atoms with Gasteiger partial charge in [-0.3, -0.25) is 9.59 Å². The summed E-state index contributed by atoms with van der Waals surface area (Å²) in [6.45, 7) is 9.87. The van der Waals surface area contributed by atoms with E-state index in [4.69, 9.17) is 0 Å². The number of hydrogen-bond donors (Lipinski definition) is 2. The minimum absolute atomic E-state index is 0.0716. The number of β-amino-alcohol motifs (C(OH)–C–C–N with tert-alkyl or cyclic N) is 1. The predicted octanol–water partition coefficient (Wildman–Crippen LogP) is 1.04. The molecule has 0 spiro atoms. The van der Waals surface area contributed by atoms with Gasteiger partial charge in [0.15, 0.2) is 0 Å². The summed E-state index contributed by atoms with van der Waals surface area (Å²) in [5.74, 6) is 0.385. The number of H-pyrrole nitrogens is 1. The number of likely N-dealkylation sites (tertiary alicyclic amines) is 1. The molecule has 0 radical (unpaired) electrons. The van der Waals surface area contributed by atoms with Gasteiger partial charge in [0.25, 0.3) is 11.5 Å². The van der Waals surface area contributed by atoms with E-state index in [0.29, 0.717) is 11.5 Å². The van der Waals surface area contributed by atoms with Crippen molar-refractivity contribution in [2.75, 3.05) is 13.1 Å². The van der Waals surface area contributed by atoms with Crippen LogP contribution in [-0.4, -0.2) is 44.6 Å². The molecule has 0 saturated carbocycles. The van der Waals surface area contributed by atoms with Crippen molar-refractivity contribution >= 4 is 5.91 Å². The summed E-state index contributed by atoms with van der Waals surface area (Å²) in [7, 11) is 0. The third-order valence-electron chi connectivity index (χ3n) is 4.17. The van der Waals surface area contributed by atoms with Crippen molar-refractivity contribution < 1.29 is 9.90 Å². The van der Waals surface area contributed by atoms with Gasteiger partial charge >= 0.3 is 0 Å². The molecule has 6 nitrogen and oxygen atoms in total. The van der Waals surface area contributed by atoms with Crippen molar-refractivity contribution in [2.45, 2.75) is 46.1 Å². The maximum Gasteiger partial charge on any atom is 0.264 e. The molecule has 1 aliphatic rings. The first-order valence-corrected chi connectivity index (χ1v) is 7.28. The normalized spacial score (nSPS) is 17.2. The van der Waals surface area contributed by atoms with Crippen molar-refractivity contribution in [3.05, 3.63) is 27.4 Å². The highest BCUT2D eigenvalue weighted by Crippen LogP contribution is 2.29. The van der Waals surface area contributed by atoms with E-state index < -0.39 is 11.2 Å². The summed E-state index contributed by atoms with van der Waals surface area (Å²) < 4.78 is 0. The topological polar surface area (TPSA) is 86.3 Å². The maximum atomic E-state index is 12.4.